The summed E-state index contributed by atoms with van der Waals surface area (Å²) in [7, 11) is 0. The van der Waals surface area contributed by atoms with Crippen molar-refractivity contribution in [3.05, 3.63) is 101 Å². The van der Waals surface area contributed by atoms with E-state index < -0.39 is 5.25 Å². The Labute approximate surface area is 217 Å². The van der Waals surface area contributed by atoms with Crippen LogP contribution in [0, 0.1) is 32.1 Å². The lowest BCUT2D eigenvalue weighted by molar-refractivity contribution is -0.115. The molecule has 5 heteroatoms. The van der Waals surface area contributed by atoms with Crippen LogP contribution in [0.25, 0.3) is 22.4 Å². The second-order valence-corrected chi connectivity index (χ2v) is 10.2. The third-order valence-electron chi connectivity index (χ3n) is 5.94. The van der Waals surface area contributed by atoms with E-state index in [0.717, 1.165) is 44.8 Å². The van der Waals surface area contributed by atoms with Gasteiger partial charge in [0.1, 0.15) is 11.1 Å². The second kappa shape index (κ2) is 11.2. The highest BCUT2D eigenvalue weighted by molar-refractivity contribution is 8.00. The summed E-state index contributed by atoms with van der Waals surface area (Å²) in [6, 6.07) is 28.4. The predicted molar refractivity (Wildman–Crippen MR) is 149 cm³/mol. The number of thioether (sulfide) groups is 1. The smallest absolute Gasteiger partial charge is 0.237 e. The van der Waals surface area contributed by atoms with E-state index in [1.54, 1.807) is 0 Å². The highest BCUT2D eigenvalue weighted by Crippen LogP contribution is 2.36. The largest absolute Gasteiger partial charge is 0.325 e. The SMILES string of the molecule is CCC(Sc1nc(-c2ccccc2)cc(-c2ccc(C)cc2)c1C#N)C(=O)Nc1cc(C)cc(C)c1. The Balaban J connectivity index is 1.75. The summed E-state index contributed by atoms with van der Waals surface area (Å²) in [5.74, 6) is -0.0970. The van der Waals surface area contributed by atoms with Gasteiger partial charge in [-0.25, -0.2) is 4.98 Å². The van der Waals surface area contributed by atoms with Gasteiger partial charge in [0, 0.05) is 16.8 Å². The van der Waals surface area contributed by atoms with Crippen LogP contribution in [0.3, 0.4) is 0 Å². The van der Waals surface area contributed by atoms with Crippen molar-refractivity contribution >= 4 is 23.4 Å². The Kier molecular flexibility index (Phi) is 7.87. The van der Waals surface area contributed by atoms with Crippen molar-refractivity contribution in [2.45, 2.75) is 44.4 Å². The predicted octanol–water partition coefficient (Wildman–Crippen LogP) is 7.72. The first kappa shape index (κ1) is 25.2. The van der Waals surface area contributed by atoms with Crippen LogP contribution >= 0.6 is 11.8 Å². The van der Waals surface area contributed by atoms with Crippen LogP contribution < -0.4 is 5.32 Å². The van der Waals surface area contributed by atoms with Crippen LogP contribution in [0.2, 0.25) is 0 Å². The molecule has 1 atom stereocenters. The van der Waals surface area contributed by atoms with Crippen LogP contribution in [-0.4, -0.2) is 16.1 Å². The number of carbonyl (C=O) groups excluding carboxylic acids is 1. The van der Waals surface area contributed by atoms with Gasteiger partial charge in [-0.15, -0.1) is 0 Å². The summed E-state index contributed by atoms with van der Waals surface area (Å²) in [5.41, 5.74) is 8.12. The van der Waals surface area contributed by atoms with Gasteiger partial charge in [-0.3, -0.25) is 4.79 Å². The minimum absolute atomic E-state index is 0.0970. The second-order valence-electron chi connectivity index (χ2n) is 8.96. The molecule has 0 aliphatic heterocycles. The van der Waals surface area contributed by atoms with Crippen molar-refractivity contribution in [2.75, 3.05) is 5.32 Å². The number of anilines is 1. The monoisotopic (exact) mass is 491 g/mol. The van der Waals surface area contributed by atoms with Crippen molar-refractivity contribution < 1.29 is 4.79 Å². The molecule has 1 N–H and O–H groups in total. The fraction of sp³-hybridized carbons (Fsp3) is 0.194. The van der Waals surface area contributed by atoms with E-state index in [1.807, 2.05) is 100 Å². The van der Waals surface area contributed by atoms with Gasteiger partial charge in [-0.1, -0.05) is 84.9 Å². The molecule has 180 valence electrons. The Morgan fingerprint density at radius 2 is 1.58 bits per heavy atom. The number of hydrogen-bond acceptors (Lipinski definition) is 4. The molecular formula is C31H29N3OS. The van der Waals surface area contributed by atoms with E-state index >= 15 is 0 Å². The number of nitrogens with zero attached hydrogens (tertiary/aromatic N) is 2. The number of hydrogen-bond donors (Lipinski definition) is 1. The van der Waals surface area contributed by atoms with Crippen LogP contribution in [-0.2, 0) is 4.79 Å². The molecule has 4 nitrogen and oxygen atoms in total. The lowest BCUT2D eigenvalue weighted by Crippen LogP contribution is -2.25. The summed E-state index contributed by atoms with van der Waals surface area (Å²) in [6.07, 6.45) is 0.600. The van der Waals surface area contributed by atoms with E-state index in [4.69, 9.17) is 4.98 Å². The Morgan fingerprint density at radius 1 is 0.917 bits per heavy atom. The standard InChI is InChI=1S/C31H29N3OS/c1-5-29(30(35)33-25-16-21(3)15-22(4)17-25)36-31-27(19-32)26(23-13-11-20(2)12-14-23)18-28(34-31)24-9-7-6-8-10-24/h6-18,29H,5H2,1-4H3,(H,33,35). The zero-order chi connectivity index (χ0) is 25.7. The number of nitrogens with one attached hydrogen (secondary N) is 1. The molecule has 4 aromatic rings. The molecule has 0 saturated heterocycles. The number of aryl methyl sites for hydroxylation is 3. The fourth-order valence-electron chi connectivity index (χ4n) is 4.16. The highest BCUT2D eigenvalue weighted by atomic mass is 32.2. The molecule has 1 amide bonds. The number of aromatic nitrogens is 1. The molecule has 0 spiro atoms. The normalized spacial score (nSPS) is 11.5. The van der Waals surface area contributed by atoms with Crippen molar-refractivity contribution in [3.8, 4) is 28.5 Å². The number of carbonyl (C=O) groups is 1. The lowest BCUT2D eigenvalue weighted by atomic mass is 9.98. The first-order valence-corrected chi connectivity index (χ1v) is 12.9. The molecule has 3 aromatic carbocycles. The quantitative estimate of drug-likeness (QED) is 0.269. The van der Waals surface area contributed by atoms with Crippen LogP contribution in [0.1, 0.15) is 35.6 Å². The molecule has 0 aliphatic rings. The molecule has 1 heterocycles. The zero-order valence-corrected chi connectivity index (χ0v) is 21.8. The highest BCUT2D eigenvalue weighted by Gasteiger charge is 2.23. The summed E-state index contributed by atoms with van der Waals surface area (Å²) in [4.78, 5) is 18.2. The summed E-state index contributed by atoms with van der Waals surface area (Å²) in [5, 5.41) is 13.4. The molecule has 0 fully saturated rings. The summed E-state index contributed by atoms with van der Waals surface area (Å²) < 4.78 is 0. The maximum Gasteiger partial charge on any atom is 0.237 e. The molecule has 0 radical (unpaired) electrons. The molecular weight excluding hydrogens is 462 g/mol. The molecule has 1 aromatic heterocycles. The van der Waals surface area contributed by atoms with Crippen molar-refractivity contribution in [1.82, 2.24) is 4.98 Å². The zero-order valence-electron chi connectivity index (χ0n) is 21.0. The maximum absolute atomic E-state index is 13.3. The van der Waals surface area contributed by atoms with Crippen LogP contribution in [0.5, 0.6) is 0 Å². The first-order valence-electron chi connectivity index (χ1n) is 12.0. The minimum atomic E-state index is -0.401. The fourth-order valence-corrected chi connectivity index (χ4v) is 5.19. The lowest BCUT2D eigenvalue weighted by Gasteiger charge is -2.18. The summed E-state index contributed by atoms with van der Waals surface area (Å²) >= 11 is 1.35. The van der Waals surface area contributed by atoms with Crippen molar-refractivity contribution in [3.63, 3.8) is 0 Å². The Hall–Kier alpha value is -3.88. The van der Waals surface area contributed by atoms with Gasteiger partial charge < -0.3 is 5.32 Å². The van der Waals surface area contributed by atoms with Gasteiger partial charge in [0.05, 0.1) is 16.5 Å². The van der Waals surface area contributed by atoms with Gasteiger partial charge in [0.25, 0.3) is 0 Å². The first-order chi connectivity index (χ1) is 17.4. The van der Waals surface area contributed by atoms with E-state index in [1.165, 1.54) is 11.8 Å². The Bertz CT molecular complexity index is 1400. The van der Waals surface area contributed by atoms with Crippen molar-refractivity contribution in [2.24, 2.45) is 0 Å². The third-order valence-corrected chi connectivity index (χ3v) is 7.29. The third kappa shape index (κ3) is 5.84. The summed E-state index contributed by atoms with van der Waals surface area (Å²) in [6.45, 7) is 8.05. The van der Waals surface area contributed by atoms with Gasteiger partial charge in [-0.05, 0) is 62.1 Å². The van der Waals surface area contributed by atoms with Crippen LogP contribution in [0.4, 0.5) is 5.69 Å². The average Bonchev–Trinajstić information content (AvgIpc) is 2.87. The van der Waals surface area contributed by atoms with Gasteiger partial charge in [-0.2, -0.15) is 5.26 Å². The molecule has 0 aliphatic carbocycles. The molecule has 36 heavy (non-hydrogen) atoms. The number of rotatable bonds is 7. The van der Waals surface area contributed by atoms with Crippen molar-refractivity contribution in [1.29, 1.82) is 5.26 Å². The van der Waals surface area contributed by atoms with Gasteiger partial charge in [0.15, 0.2) is 0 Å². The van der Waals surface area contributed by atoms with Gasteiger partial charge >= 0.3 is 0 Å². The maximum atomic E-state index is 13.3. The number of pyridine rings is 1. The number of nitriles is 1. The molecule has 1 unspecified atom stereocenters. The molecule has 0 bridgehead atoms. The minimum Gasteiger partial charge on any atom is -0.325 e. The van der Waals surface area contributed by atoms with Gasteiger partial charge in [0.2, 0.25) is 5.91 Å². The van der Waals surface area contributed by atoms with E-state index in [-0.39, 0.29) is 5.91 Å². The van der Waals surface area contributed by atoms with E-state index in [0.29, 0.717) is 17.0 Å². The molecule has 4 rings (SSSR count). The van der Waals surface area contributed by atoms with Crippen LogP contribution in [0.15, 0.2) is 83.9 Å². The number of amides is 1. The molecule has 0 saturated carbocycles. The van der Waals surface area contributed by atoms with E-state index in [2.05, 4.69) is 17.5 Å². The van der Waals surface area contributed by atoms with E-state index in [9.17, 15) is 10.1 Å². The number of benzene rings is 3. The topological polar surface area (TPSA) is 65.8 Å². The average molecular weight is 492 g/mol. The Morgan fingerprint density at radius 3 is 2.19 bits per heavy atom.